The van der Waals surface area contributed by atoms with E-state index in [-0.39, 0.29) is 18.0 Å². The minimum Gasteiger partial charge on any atom is -0.505 e. The molecule has 2 aromatic carbocycles. The maximum atomic E-state index is 14.1. The van der Waals surface area contributed by atoms with Crippen LogP contribution in [0.15, 0.2) is 36.4 Å². The molecule has 0 aliphatic heterocycles. The van der Waals surface area contributed by atoms with Crippen molar-refractivity contribution in [2.45, 2.75) is 38.7 Å². The summed E-state index contributed by atoms with van der Waals surface area (Å²) in [6.07, 6.45) is 2.62. The Morgan fingerprint density at radius 2 is 2.03 bits per heavy atom. The fraction of sp³-hybridized carbons (Fsp3) is 0.273. The molecule has 3 aromatic rings. The molecule has 1 fully saturated rings. The number of halogens is 2. The molecule has 1 N–H and O–H groups in total. The predicted octanol–water partition coefficient (Wildman–Crippen LogP) is 4.77. The summed E-state index contributed by atoms with van der Waals surface area (Å²) in [6.45, 7) is 1.68. The molecule has 0 bridgehead atoms. The van der Waals surface area contributed by atoms with Crippen LogP contribution in [0.5, 0.6) is 5.75 Å². The van der Waals surface area contributed by atoms with E-state index in [1.54, 1.807) is 25.1 Å². The van der Waals surface area contributed by atoms with Gasteiger partial charge in [-0.15, -0.1) is 0 Å². The zero-order chi connectivity index (χ0) is 20.7. The van der Waals surface area contributed by atoms with Gasteiger partial charge < -0.3 is 9.84 Å². The first-order chi connectivity index (χ1) is 13.8. The molecular weight excluding hydrogens is 397 g/mol. The topological polar surface area (TPSA) is 68.5 Å². The average molecular weight is 416 g/mol. The van der Waals surface area contributed by atoms with Gasteiger partial charge in [-0.05, 0) is 56.0 Å². The van der Waals surface area contributed by atoms with Gasteiger partial charge >= 0.3 is 5.97 Å². The summed E-state index contributed by atoms with van der Waals surface area (Å²) in [5.74, 6) is -2.20. The summed E-state index contributed by atoms with van der Waals surface area (Å²) >= 11 is 6.01. The maximum Gasteiger partial charge on any atom is 0.310 e. The molecule has 150 valence electrons. The molecule has 1 aliphatic rings. The predicted molar refractivity (Wildman–Crippen MR) is 107 cm³/mol. The Morgan fingerprint density at radius 1 is 1.28 bits per heavy atom. The first kappa shape index (κ1) is 19.5. The van der Waals surface area contributed by atoms with E-state index in [1.807, 2.05) is 0 Å². The molecule has 1 heterocycles. The summed E-state index contributed by atoms with van der Waals surface area (Å²) in [5.41, 5.74) is 1.61. The van der Waals surface area contributed by atoms with Crippen molar-refractivity contribution < 1.29 is 23.8 Å². The van der Waals surface area contributed by atoms with Crippen molar-refractivity contribution >= 4 is 34.4 Å². The fourth-order valence-electron chi connectivity index (χ4n) is 3.58. The van der Waals surface area contributed by atoms with E-state index in [4.69, 9.17) is 16.3 Å². The average Bonchev–Trinajstić information content (AvgIpc) is 2.89. The van der Waals surface area contributed by atoms with Crippen LogP contribution >= 0.6 is 11.6 Å². The molecular formula is C22H19ClFNO4. The van der Waals surface area contributed by atoms with Crippen molar-refractivity contribution in [2.24, 2.45) is 0 Å². The Labute approximate surface area is 171 Å². The second kappa shape index (κ2) is 7.52. The number of nitrogens with zero attached hydrogens (tertiary/aromatic N) is 1. The van der Waals surface area contributed by atoms with E-state index in [2.05, 4.69) is 0 Å². The number of esters is 1. The molecule has 0 radical (unpaired) electrons. The number of fused-ring (bicyclic) bond motifs is 1. The van der Waals surface area contributed by atoms with Gasteiger partial charge in [-0.2, -0.15) is 0 Å². The summed E-state index contributed by atoms with van der Waals surface area (Å²) < 4.78 is 20.9. The second-order valence-electron chi connectivity index (χ2n) is 7.26. The summed E-state index contributed by atoms with van der Waals surface area (Å²) in [4.78, 5) is 25.6. The molecule has 1 aliphatic carbocycles. The van der Waals surface area contributed by atoms with Gasteiger partial charge in [0.1, 0.15) is 6.10 Å². The number of phenols is 1. The van der Waals surface area contributed by atoms with Crippen molar-refractivity contribution in [2.75, 3.05) is 0 Å². The standard InChI is InChI=1S/C22H19ClFNO4/c1-12-16(10-21(27)29-15-6-3-7-15)17-9-20(26)18(24)11-19(17)25(12)22(28)13-4-2-5-14(23)8-13/h2,4-5,8-9,11,15,26H,3,6-7,10H2,1H3. The van der Waals surface area contributed by atoms with Crippen molar-refractivity contribution in [3.63, 3.8) is 0 Å². The van der Waals surface area contributed by atoms with Crippen LogP contribution in [-0.2, 0) is 16.0 Å². The SMILES string of the molecule is Cc1c(CC(=O)OC2CCC2)c2cc(O)c(F)cc2n1C(=O)c1cccc(Cl)c1. The second-order valence-corrected chi connectivity index (χ2v) is 7.69. The van der Waals surface area contributed by atoms with Gasteiger partial charge in [0, 0.05) is 27.7 Å². The number of carbonyl (C=O) groups excluding carboxylic acids is 2. The van der Waals surface area contributed by atoms with Gasteiger partial charge in [0.2, 0.25) is 0 Å². The summed E-state index contributed by atoms with van der Waals surface area (Å²) in [7, 11) is 0. The van der Waals surface area contributed by atoms with E-state index >= 15 is 0 Å². The van der Waals surface area contributed by atoms with Gasteiger partial charge in [-0.25, -0.2) is 4.39 Å². The monoisotopic (exact) mass is 415 g/mol. The lowest BCUT2D eigenvalue weighted by molar-refractivity contribution is -0.152. The largest absolute Gasteiger partial charge is 0.505 e. The van der Waals surface area contributed by atoms with Crippen LogP contribution in [-0.4, -0.2) is 27.7 Å². The molecule has 0 spiro atoms. The number of hydrogen-bond donors (Lipinski definition) is 1. The molecule has 0 atom stereocenters. The Hall–Kier alpha value is -2.86. The highest BCUT2D eigenvalue weighted by Crippen LogP contribution is 2.33. The highest BCUT2D eigenvalue weighted by Gasteiger charge is 2.26. The van der Waals surface area contributed by atoms with Crippen LogP contribution in [0.3, 0.4) is 0 Å². The van der Waals surface area contributed by atoms with Crippen LogP contribution in [0.25, 0.3) is 10.9 Å². The van der Waals surface area contributed by atoms with Crippen molar-refractivity contribution in [3.05, 3.63) is 64.1 Å². The van der Waals surface area contributed by atoms with E-state index < -0.39 is 23.4 Å². The zero-order valence-corrected chi connectivity index (χ0v) is 16.5. The van der Waals surface area contributed by atoms with Gasteiger partial charge in [0.15, 0.2) is 11.6 Å². The number of carbonyl (C=O) groups is 2. The number of aromatic hydroxyl groups is 1. The zero-order valence-electron chi connectivity index (χ0n) is 15.7. The first-order valence-electron chi connectivity index (χ1n) is 9.37. The van der Waals surface area contributed by atoms with E-state index in [0.717, 1.165) is 25.3 Å². The van der Waals surface area contributed by atoms with Crippen molar-refractivity contribution in [3.8, 4) is 5.75 Å². The Kier molecular flexibility index (Phi) is 5.04. The lowest BCUT2D eigenvalue weighted by Crippen LogP contribution is -2.26. The third kappa shape index (κ3) is 3.60. The molecule has 0 unspecified atom stereocenters. The van der Waals surface area contributed by atoms with Gasteiger partial charge in [0.05, 0.1) is 11.9 Å². The number of hydrogen-bond acceptors (Lipinski definition) is 4. The molecule has 0 amide bonds. The van der Waals surface area contributed by atoms with Gasteiger partial charge in [-0.1, -0.05) is 17.7 Å². The minimum atomic E-state index is -0.848. The Morgan fingerprint density at radius 3 is 2.69 bits per heavy atom. The first-order valence-corrected chi connectivity index (χ1v) is 9.75. The summed E-state index contributed by atoms with van der Waals surface area (Å²) in [5, 5.41) is 10.7. The van der Waals surface area contributed by atoms with Gasteiger partial charge in [0.25, 0.3) is 5.91 Å². The normalized spacial score (nSPS) is 14.0. The molecule has 5 nitrogen and oxygen atoms in total. The molecule has 4 rings (SSSR count). The van der Waals surface area contributed by atoms with Crippen molar-refractivity contribution in [1.29, 1.82) is 0 Å². The lowest BCUT2D eigenvalue weighted by atomic mass is 9.96. The van der Waals surface area contributed by atoms with Crippen LogP contribution in [0, 0.1) is 12.7 Å². The Bertz CT molecular complexity index is 1130. The van der Waals surface area contributed by atoms with E-state index in [0.29, 0.717) is 27.2 Å². The maximum absolute atomic E-state index is 14.1. The molecule has 1 saturated carbocycles. The molecule has 29 heavy (non-hydrogen) atoms. The van der Waals surface area contributed by atoms with Crippen LogP contribution in [0.2, 0.25) is 5.02 Å². The van der Waals surface area contributed by atoms with Crippen LogP contribution in [0.4, 0.5) is 4.39 Å². The molecule has 7 heteroatoms. The third-order valence-electron chi connectivity index (χ3n) is 5.35. The number of benzene rings is 2. The van der Waals surface area contributed by atoms with E-state index in [9.17, 15) is 19.1 Å². The van der Waals surface area contributed by atoms with E-state index in [1.165, 1.54) is 16.7 Å². The summed E-state index contributed by atoms with van der Waals surface area (Å²) in [6, 6.07) is 8.78. The smallest absolute Gasteiger partial charge is 0.310 e. The highest BCUT2D eigenvalue weighted by atomic mass is 35.5. The van der Waals surface area contributed by atoms with Crippen molar-refractivity contribution in [1.82, 2.24) is 4.57 Å². The number of phenolic OH excluding ortho intramolecular Hbond substituents is 1. The molecule has 0 saturated heterocycles. The van der Waals surface area contributed by atoms with Crippen LogP contribution in [0.1, 0.15) is 40.9 Å². The minimum absolute atomic E-state index is 0.0601. The van der Waals surface area contributed by atoms with Crippen LogP contribution < -0.4 is 0 Å². The highest BCUT2D eigenvalue weighted by molar-refractivity contribution is 6.31. The molecule has 1 aromatic heterocycles. The number of rotatable bonds is 4. The third-order valence-corrected chi connectivity index (χ3v) is 5.58. The fourth-order valence-corrected chi connectivity index (χ4v) is 3.77. The Balaban J connectivity index is 1.81. The lowest BCUT2D eigenvalue weighted by Gasteiger charge is -2.25. The quantitative estimate of drug-likeness (QED) is 0.623. The van der Waals surface area contributed by atoms with Gasteiger partial charge in [-0.3, -0.25) is 14.2 Å². The number of aromatic nitrogens is 1. The number of ether oxygens (including phenoxy) is 1.